The van der Waals surface area contributed by atoms with Crippen LogP contribution in [0.4, 0.5) is 5.95 Å². The number of hydrogen-bond donors (Lipinski definition) is 2. The average Bonchev–Trinajstić information content (AvgIpc) is 2.57. The predicted molar refractivity (Wildman–Crippen MR) is 65.5 cm³/mol. The molecule has 1 heterocycles. The van der Waals surface area contributed by atoms with E-state index in [9.17, 15) is 0 Å². The summed E-state index contributed by atoms with van der Waals surface area (Å²) < 4.78 is 2.07. The van der Waals surface area contributed by atoms with Crippen molar-refractivity contribution < 1.29 is 5.11 Å². The molecule has 0 bridgehead atoms. The minimum Gasteiger partial charge on any atom is -0.396 e. The van der Waals surface area contributed by atoms with Crippen molar-refractivity contribution in [2.45, 2.75) is 25.9 Å². The van der Waals surface area contributed by atoms with Gasteiger partial charge >= 0.3 is 0 Å². The zero-order valence-corrected chi connectivity index (χ0v) is 10.6. The lowest BCUT2D eigenvalue weighted by Gasteiger charge is -2.15. The molecule has 1 aromatic heterocycles. The fraction of sp³-hybridized carbons (Fsp3) is 0.727. The summed E-state index contributed by atoms with van der Waals surface area (Å²) >= 11 is 0. The second-order valence-electron chi connectivity index (χ2n) is 4.30. The molecule has 0 saturated carbocycles. The smallest absolute Gasteiger partial charge is 0.204 e. The highest BCUT2D eigenvalue weighted by Crippen LogP contribution is 2.10. The van der Waals surface area contributed by atoms with Crippen LogP contribution < -0.4 is 10.2 Å². The molecule has 0 radical (unpaired) electrons. The van der Waals surface area contributed by atoms with Crippen LogP contribution in [-0.2, 0) is 13.6 Å². The van der Waals surface area contributed by atoms with Gasteiger partial charge in [0.1, 0.15) is 0 Å². The number of imidazole rings is 1. The lowest BCUT2D eigenvalue weighted by atomic mass is 10.2. The zero-order chi connectivity index (χ0) is 12.1. The summed E-state index contributed by atoms with van der Waals surface area (Å²) in [6.45, 7) is 3.07. The van der Waals surface area contributed by atoms with E-state index in [-0.39, 0.29) is 6.61 Å². The maximum absolute atomic E-state index is 8.80. The minimum absolute atomic E-state index is 0.225. The van der Waals surface area contributed by atoms with Crippen LogP contribution in [0.3, 0.4) is 0 Å². The van der Waals surface area contributed by atoms with E-state index in [0.717, 1.165) is 24.6 Å². The second kappa shape index (κ2) is 5.86. The fourth-order valence-electron chi connectivity index (χ4n) is 1.59. The first kappa shape index (κ1) is 13.0. The third-order valence-corrected chi connectivity index (χ3v) is 2.65. The highest BCUT2D eigenvalue weighted by atomic mass is 16.3. The normalized spacial score (nSPS) is 12.8. The van der Waals surface area contributed by atoms with Crippen LogP contribution in [0.25, 0.3) is 0 Å². The number of hydrogen-bond acceptors (Lipinski definition) is 4. The van der Waals surface area contributed by atoms with Crippen LogP contribution in [0.15, 0.2) is 6.20 Å². The van der Waals surface area contributed by atoms with Gasteiger partial charge in [0, 0.05) is 40.3 Å². The number of nitrogens with one attached hydrogen (secondary N) is 1. The standard InChI is InChI=1S/C11H22N4O/c1-9(5-6-16)12-7-10-8-13-11(14(2)3)15(10)4/h8-9,12,16H,5-7H2,1-4H3. The molecule has 5 heteroatoms. The Morgan fingerprint density at radius 1 is 1.56 bits per heavy atom. The van der Waals surface area contributed by atoms with Gasteiger partial charge in [0.05, 0.1) is 11.9 Å². The number of rotatable bonds is 6. The molecule has 1 rings (SSSR count). The van der Waals surface area contributed by atoms with Crippen LogP contribution >= 0.6 is 0 Å². The van der Waals surface area contributed by atoms with Gasteiger partial charge in [-0.15, -0.1) is 0 Å². The molecular formula is C11H22N4O. The van der Waals surface area contributed by atoms with Crippen LogP contribution in [0.5, 0.6) is 0 Å². The lowest BCUT2D eigenvalue weighted by Crippen LogP contribution is -2.27. The molecule has 92 valence electrons. The molecule has 1 aromatic rings. The van der Waals surface area contributed by atoms with Gasteiger partial charge in [0.2, 0.25) is 5.95 Å². The van der Waals surface area contributed by atoms with E-state index in [4.69, 9.17) is 5.11 Å². The quantitative estimate of drug-likeness (QED) is 0.735. The van der Waals surface area contributed by atoms with Crippen molar-refractivity contribution in [3.63, 3.8) is 0 Å². The summed E-state index contributed by atoms with van der Waals surface area (Å²) in [5.74, 6) is 0.951. The van der Waals surface area contributed by atoms with Gasteiger partial charge in [-0.3, -0.25) is 0 Å². The number of nitrogens with zero attached hydrogens (tertiary/aromatic N) is 3. The molecule has 5 nitrogen and oxygen atoms in total. The van der Waals surface area contributed by atoms with E-state index in [0.29, 0.717) is 6.04 Å². The third kappa shape index (κ3) is 3.21. The number of aliphatic hydroxyl groups is 1. The van der Waals surface area contributed by atoms with Gasteiger partial charge in [-0.2, -0.15) is 0 Å². The Hall–Kier alpha value is -1.07. The van der Waals surface area contributed by atoms with Crippen molar-refractivity contribution in [1.29, 1.82) is 0 Å². The van der Waals surface area contributed by atoms with Gasteiger partial charge in [0.15, 0.2) is 0 Å². The first-order valence-corrected chi connectivity index (χ1v) is 5.58. The van der Waals surface area contributed by atoms with Crippen LogP contribution in [-0.4, -0.2) is 41.4 Å². The summed E-state index contributed by atoms with van der Waals surface area (Å²) in [7, 11) is 5.97. The topological polar surface area (TPSA) is 53.3 Å². The summed E-state index contributed by atoms with van der Waals surface area (Å²) in [6.07, 6.45) is 2.66. The Morgan fingerprint density at radius 3 is 2.75 bits per heavy atom. The Balaban J connectivity index is 2.55. The highest BCUT2D eigenvalue weighted by molar-refractivity contribution is 5.30. The summed E-state index contributed by atoms with van der Waals surface area (Å²) in [6, 6.07) is 0.322. The summed E-state index contributed by atoms with van der Waals surface area (Å²) in [5, 5.41) is 12.2. The minimum atomic E-state index is 0.225. The summed E-state index contributed by atoms with van der Waals surface area (Å²) in [4.78, 5) is 6.33. The van der Waals surface area contributed by atoms with Gasteiger partial charge in [0.25, 0.3) is 0 Å². The van der Waals surface area contributed by atoms with Crippen molar-refractivity contribution in [3.8, 4) is 0 Å². The monoisotopic (exact) mass is 226 g/mol. The van der Waals surface area contributed by atoms with Crippen LogP contribution in [0.1, 0.15) is 19.0 Å². The molecule has 1 atom stereocenters. The molecule has 0 aliphatic heterocycles. The maximum Gasteiger partial charge on any atom is 0.204 e. The molecule has 0 aromatic carbocycles. The molecule has 0 amide bonds. The van der Waals surface area contributed by atoms with Crippen LogP contribution in [0.2, 0.25) is 0 Å². The fourth-order valence-corrected chi connectivity index (χ4v) is 1.59. The van der Waals surface area contributed by atoms with Gasteiger partial charge in [-0.1, -0.05) is 0 Å². The molecule has 0 aliphatic carbocycles. The zero-order valence-electron chi connectivity index (χ0n) is 10.6. The molecule has 0 saturated heterocycles. The lowest BCUT2D eigenvalue weighted by molar-refractivity contribution is 0.268. The van der Waals surface area contributed by atoms with Crippen molar-refractivity contribution in [2.24, 2.45) is 7.05 Å². The largest absolute Gasteiger partial charge is 0.396 e. The Labute approximate surface area is 97.1 Å². The van der Waals surface area contributed by atoms with Gasteiger partial charge < -0.3 is 19.9 Å². The van der Waals surface area contributed by atoms with Crippen LogP contribution in [0, 0.1) is 0 Å². The molecule has 16 heavy (non-hydrogen) atoms. The molecule has 0 fully saturated rings. The number of aromatic nitrogens is 2. The molecule has 1 unspecified atom stereocenters. The van der Waals surface area contributed by atoms with E-state index in [1.165, 1.54) is 0 Å². The van der Waals surface area contributed by atoms with Gasteiger partial charge in [-0.05, 0) is 13.3 Å². The Morgan fingerprint density at radius 2 is 2.25 bits per heavy atom. The molecule has 0 aliphatic rings. The van der Waals surface area contributed by atoms with E-state index in [2.05, 4.69) is 21.8 Å². The first-order valence-electron chi connectivity index (χ1n) is 5.58. The third-order valence-electron chi connectivity index (χ3n) is 2.65. The Bertz CT molecular complexity index is 322. The first-order chi connectivity index (χ1) is 7.56. The van der Waals surface area contributed by atoms with E-state index in [1.54, 1.807) is 0 Å². The number of aliphatic hydroxyl groups excluding tert-OH is 1. The average molecular weight is 226 g/mol. The predicted octanol–water partition coefficient (Wildman–Crippen LogP) is 0.347. The highest BCUT2D eigenvalue weighted by Gasteiger charge is 2.08. The second-order valence-corrected chi connectivity index (χ2v) is 4.30. The molecule has 2 N–H and O–H groups in total. The van der Waals surface area contributed by atoms with Gasteiger partial charge in [-0.25, -0.2) is 4.98 Å². The summed E-state index contributed by atoms with van der Waals surface area (Å²) in [5.41, 5.74) is 1.15. The number of anilines is 1. The van der Waals surface area contributed by atoms with E-state index in [1.807, 2.05) is 32.2 Å². The van der Waals surface area contributed by atoms with Crippen molar-refractivity contribution >= 4 is 5.95 Å². The van der Waals surface area contributed by atoms with Crippen molar-refractivity contribution in [3.05, 3.63) is 11.9 Å². The van der Waals surface area contributed by atoms with Crippen molar-refractivity contribution in [2.75, 3.05) is 25.6 Å². The SMILES string of the molecule is CC(CCO)NCc1cnc(N(C)C)n1C. The van der Waals surface area contributed by atoms with E-state index >= 15 is 0 Å². The maximum atomic E-state index is 8.80. The Kier molecular flexibility index (Phi) is 4.76. The van der Waals surface area contributed by atoms with Crippen molar-refractivity contribution in [1.82, 2.24) is 14.9 Å². The van der Waals surface area contributed by atoms with E-state index < -0.39 is 0 Å². The molecule has 0 spiro atoms. The molecular weight excluding hydrogens is 204 g/mol.